The molecule has 1 aromatic rings. The summed E-state index contributed by atoms with van der Waals surface area (Å²) in [6, 6.07) is 5.00. The third-order valence-corrected chi connectivity index (χ3v) is 2.55. The van der Waals surface area contributed by atoms with Gasteiger partial charge in [0.1, 0.15) is 5.82 Å². The van der Waals surface area contributed by atoms with Crippen LogP contribution in [0.25, 0.3) is 0 Å². The Morgan fingerprint density at radius 2 is 2.20 bits per heavy atom. The van der Waals surface area contributed by atoms with Crippen LogP contribution in [0.2, 0.25) is 0 Å². The number of nitrogens with one attached hydrogen (secondary N) is 1. The summed E-state index contributed by atoms with van der Waals surface area (Å²) in [6.07, 6.45) is 0. The highest BCUT2D eigenvalue weighted by Gasteiger charge is 2.12. The van der Waals surface area contributed by atoms with E-state index in [1.54, 1.807) is 0 Å². The molecule has 0 aliphatic heterocycles. The van der Waals surface area contributed by atoms with Gasteiger partial charge in [0.15, 0.2) is 5.75 Å². The molecule has 5 nitrogen and oxygen atoms in total. The Kier molecular flexibility index (Phi) is 3.11. The molecular formula is C8H8FN3O2S. The minimum Gasteiger partial charge on any atom is -0.399 e. The van der Waals surface area contributed by atoms with Crippen LogP contribution in [0.4, 0.5) is 15.8 Å². The smallest absolute Gasteiger partial charge is 0.246 e. The highest BCUT2D eigenvalue weighted by atomic mass is 32.2. The zero-order valence-electron chi connectivity index (χ0n) is 7.57. The van der Waals surface area contributed by atoms with E-state index < -0.39 is 21.6 Å². The van der Waals surface area contributed by atoms with Crippen LogP contribution in [0.5, 0.6) is 0 Å². The molecule has 0 radical (unpaired) electrons. The van der Waals surface area contributed by atoms with E-state index in [0.717, 1.165) is 6.07 Å². The second kappa shape index (κ2) is 4.14. The average molecular weight is 229 g/mol. The van der Waals surface area contributed by atoms with Gasteiger partial charge in [0.05, 0.1) is 11.8 Å². The molecule has 0 amide bonds. The van der Waals surface area contributed by atoms with Gasteiger partial charge in [-0.3, -0.25) is 4.72 Å². The van der Waals surface area contributed by atoms with E-state index in [0.29, 0.717) is 0 Å². The first-order valence-electron chi connectivity index (χ1n) is 3.87. The van der Waals surface area contributed by atoms with E-state index >= 15 is 0 Å². The van der Waals surface area contributed by atoms with Crippen LogP contribution in [-0.4, -0.2) is 14.2 Å². The molecule has 0 spiro atoms. The zero-order chi connectivity index (χ0) is 11.5. The Labute approximate surface area is 86.4 Å². The lowest BCUT2D eigenvalue weighted by molar-refractivity contribution is 0.601. The van der Waals surface area contributed by atoms with Crippen LogP contribution in [0.1, 0.15) is 0 Å². The molecule has 0 aliphatic rings. The summed E-state index contributed by atoms with van der Waals surface area (Å²) in [4.78, 5) is 0. The number of nitrogens with two attached hydrogens (primary N) is 1. The Morgan fingerprint density at radius 1 is 1.53 bits per heavy atom. The van der Waals surface area contributed by atoms with Gasteiger partial charge in [0, 0.05) is 5.69 Å². The Bertz CT molecular complexity index is 507. The van der Waals surface area contributed by atoms with Crippen molar-refractivity contribution in [2.24, 2.45) is 0 Å². The van der Waals surface area contributed by atoms with E-state index in [1.165, 1.54) is 18.2 Å². The molecule has 0 saturated heterocycles. The van der Waals surface area contributed by atoms with Crippen LogP contribution in [0.3, 0.4) is 0 Å². The Hall–Kier alpha value is -1.81. The number of halogens is 1. The van der Waals surface area contributed by atoms with Crippen molar-refractivity contribution in [1.82, 2.24) is 0 Å². The standard InChI is InChI=1S/C8H8FN3O2S/c9-7-5-6(11)1-2-8(7)12-15(13,14)4-3-10/h1-2,5,12H,4,11H2. The van der Waals surface area contributed by atoms with E-state index in [9.17, 15) is 12.8 Å². The fraction of sp³-hybridized carbons (Fsp3) is 0.125. The van der Waals surface area contributed by atoms with Crippen molar-refractivity contribution in [3.63, 3.8) is 0 Å². The van der Waals surface area contributed by atoms with Gasteiger partial charge in [0.2, 0.25) is 10.0 Å². The van der Waals surface area contributed by atoms with Crippen LogP contribution >= 0.6 is 0 Å². The van der Waals surface area contributed by atoms with Crippen LogP contribution < -0.4 is 10.5 Å². The molecule has 3 N–H and O–H groups in total. The van der Waals surface area contributed by atoms with Gasteiger partial charge >= 0.3 is 0 Å². The summed E-state index contributed by atoms with van der Waals surface area (Å²) < 4.78 is 37.3. The molecular weight excluding hydrogens is 221 g/mol. The molecule has 0 aliphatic carbocycles. The summed E-state index contributed by atoms with van der Waals surface area (Å²) in [6.45, 7) is 0. The van der Waals surface area contributed by atoms with Gasteiger partial charge < -0.3 is 5.73 Å². The number of rotatable bonds is 3. The number of hydrogen-bond acceptors (Lipinski definition) is 4. The maximum absolute atomic E-state index is 13.1. The van der Waals surface area contributed by atoms with Gasteiger partial charge in [-0.15, -0.1) is 0 Å². The number of nitrogens with zero attached hydrogens (tertiary/aromatic N) is 1. The van der Waals surface area contributed by atoms with Crippen molar-refractivity contribution in [3.05, 3.63) is 24.0 Å². The lowest BCUT2D eigenvalue weighted by Gasteiger charge is -2.06. The molecule has 0 bridgehead atoms. The number of benzene rings is 1. The summed E-state index contributed by atoms with van der Waals surface area (Å²) >= 11 is 0. The van der Waals surface area contributed by atoms with Crippen molar-refractivity contribution in [3.8, 4) is 6.07 Å². The van der Waals surface area contributed by atoms with Crippen molar-refractivity contribution in [2.75, 3.05) is 16.2 Å². The summed E-state index contributed by atoms with van der Waals surface area (Å²) in [5, 5.41) is 8.21. The maximum atomic E-state index is 13.1. The number of sulfonamides is 1. The number of hydrogen-bond donors (Lipinski definition) is 2. The van der Waals surface area contributed by atoms with Gasteiger partial charge in [-0.2, -0.15) is 5.26 Å². The predicted octanol–water partition coefficient (Wildman–Crippen LogP) is 0.673. The summed E-state index contributed by atoms with van der Waals surface area (Å²) in [5.41, 5.74) is 5.25. The van der Waals surface area contributed by atoms with E-state index in [2.05, 4.69) is 0 Å². The van der Waals surface area contributed by atoms with Crippen LogP contribution in [0, 0.1) is 17.1 Å². The van der Waals surface area contributed by atoms with Crippen LogP contribution in [0.15, 0.2) is 18.2 Å². The molecule has 0 unspecified atom stereocenters. The van der Waals surface area contributed by atoms with Crippen molar-refractivity contribution < 1.29 is 12.8 Å². The molecule has 7 heteroatoms. The van der Waals surface area contributed by atoms with Gasteiger partial charge in [-0.05, 0) is 18.2 Å². The molecule has 0 saturated carbocycles. The summed E-state index contributed by atoms with van der Waals surface area (Å²) in [7, 11) is -3.81. The lowest BCUT2D eigenvalue weighted by Crippen LogP contribution is -2.16. The molecule has 1 aromatic carbocycles. The zero-order valence-corrected chi connectivity index (χ0v) is 8.38. The Balaban J connectivity index is 2.96. The third-order valence-electron chi connectivity index (χ3n) is 1.51. The SMILES string of the molecule is N#CCS(=O)(=O)Nc1ccc(N)cc1F. The third kappa shape index (κ3) is 3.11. The van der Waals surface area contributed by atoms with Crippen molar-refractivity contribution >= 4 is 21.4 Å². The second-order valence-electron chi connectivity index (χ2n) is 2.76. The van der Waals surface area contributed by atoms with Gasteiger partial charge in [0.25, 0.3) is 0 Å². The molecule has 0 aromatic heterocycles. The molecule has 0 fully saturated rings. The molecule has 1 rings (SSSR count). The molecule has 15 heavy (non-hydrogen) atoms. The topological polar surface area (TPSA) is 96.0 Å². The fourth-order valence-electron chi connectivity index (χ4n) is 0.903. The van der Waals surface area contributed by atoms with Crippen molar-refractivity contribution in [1.29, 1.82) is 5.26 Å². The monoisotopic (exact) mass is 229 g/mol. The Morgan fingerprint density at radius 3 is 2.73 bits per heavy atom. The van der Waals surface area contributed by atoms with E-state index in [1.807, 2.05) is 4.72 Å². The molecule has 80 valence electrons. The van der Waals surface area contributed by atoms with Gasteiger partial charge in [-0.25, -0.2) is 12.8 Å². The first-order valence-corrected chi connectivity index (χ1v) is 5.52. The minimum absolute atomic E-state index is 0.190. The van der Waals surface area contributed by atoms with E-state index in [4.69, 9.17) is 11.0 Å². The minimum atomic E-state index is -3.81. The first kappa shape index (κ1) is 11.3. The summed E-state index contributed by atoms with van der Waals surface area (Å²) in [5.74, 6) is -1.51. The second-order valence-corrected chi connectivity index (χ2v) is 4.48. The van der Waals surface area contributed by atoms with Crippen molar-refractivity contribution in [2.45, 2.75) is 0 Å². The highest BCUT2D eigenvalue weighted by Crippen LogP contribution is 2.17. The lowest BCUT2D eigenvalue weighted by atomic mass is 10.3. The van der Waals surface area contributed by atoms with E-state index in [-0.39, 0.29) is 11.4 Å². The largest absolute Gasteiger partial charge is 0.399 e. The fourth-order valence-corrected chi connectivity index (χ4v) is 1.65. The van der Waals surface area contributed by atoms with Crippen LogP contribution in [-0.2, 0) is 10.0 Å². The number of nitriles is 1. The normalized spacial score (nSPS) is 10.7. The number of nitrogen functional groups attached to an aromatic ring is 1. The highest BCUT2D eigenvalue weighted by molar-refractivity contribution is 7.92. The molecule has 0 heterocycles. The quantitative estimate of drug-likeness (QED) is 0.744. The van der Waals surface area contributed by atoms with Gasteiger partial charge in [-0.1, -0.05) is 0 Å². The molecule has 0 atom stereocenters. The average Bonchev–Trinajstić information content (AvgIpc) is 2.09. The first-order chi connectivity index (χ1) is 6.94. The maximum Gasteiger partial charge on any atom is 0.246 e. The number of anilines is 2. The predicted molar refractivity (Wildman–Crippen MR) is 53.8 cm³/mol.